The number of benzene rings is 1. The molecule has 0 heterocycles. The highest BCUT2D eigenvalue weighted by atomic mass is 32.2. The zero-order valence-corrected chi connectivity index (χ0v) is 17.8. The highest BCUT2D eigenvalue weighted by Gasteiger charge is 2.25. The van der Waals surface area contributed by atoms with Crippen molar-refractivity contribution in [2.24, 2.45) is 5.92 Å². The Morgan fingerprint density at radius 3 is 2.57 bits per heavy atom. The number of amides is 1. The summed E-state index contributed by atoms with van der Waals surface area (Å²) in [7, 11) is -2.22. The van der Waals surface area contributed by atoms with E-state index >= 15 is 0 Å². The first-order chi connectivity index (χ1) is 13.1. The third kappa shape index (κ3) is 5.54. The van der Waals surface area contributed by atoms with Crippen LogP contribution in [0.1, 0.15) is 56.8 Å². The van der Waals surface area contributed by atoms with Gasteiger partial charge in [-0.3, -0.25) is 4.79 Å². The maximum atomic E-state index is 12.6. The van der Waals surface area contributed by atoms with E-state index in [-0.39, 0.29) is 35.1 Å². The Kier molecular flexibility index (Phi) is 7.60. The Labute approximate surface area is 167 Å². The van der Waals surface area contributed by atoms with Gasteiger partial charge in [-0.1, -0.05) is 25.8 Å². The van der Waals surface area contributed by atoms with Crippen LogP contribution in [-0.2, 0) is 19.6 Å². The van der Waals surface area contributed by atoms with Gasteiger partial charge in [0.15, 0.2) is 6.61 Å². The monoisotopic (exact) mass is 410 g/mol. The number of carbonyl (C=O) groups excluding carboxylic acids is 2. The maximum absolute atomic E-state index is 12.6. The lowest BCUT2D eigenvalue weighted by Gasteiger charge is -2.29. The summed E-state index contributed by atoms with van der Waals surface area (Å²) in [4.78, 5) is 24.4. The second-order valence-electron chi connectivity index (χ2n) is 7.65. The Morgan fingerprint density at radius 2 is 1.93 bits per heavy atom. The van der Waals surface area contributed by atoms with Crippen molar-refractivity contribution in [1.82, 2.24) is 9.62 Å². The van der Waals surface area contributed by atoms with Gasteiger partial charge in [-0.25, -0.2) is 13.2 Å². The van der Waals surface area contributed by atoms with Gasteiger partial charge in [0.1, 0.15) is 0 Å². The SMILES string of the molecule is CC(C)N(C)S(=O)(=O)c1cccc(C(=O)OCC(=O)N[C@@H]2CCCC[C@@H]2C)c1. The molecule has 0 aliphatic heterocycles. The summed E-state index contributed by atoms with van der Waals surface area (Å²) in [5, 5.41) is 2.92. The molecule has 156 valence electrons. The molecule has 28 heavy (non-hydrogen) atoms. The number of ether oxygens (including phenoxy) is 1. The molecular weight excluding hydrogens is 380 g/mol. The molecule has 0 spiro atoms. The fraction of sp³-hybridized carbons (Fsp3) is 0.600. The highest BCUT2D eigenvalue weighted by Crippen LogP contribution is 2.23. The normalized spacial score (nSPS) is 20.2. The zero-order valence-electron chi connectivity index (χ0n) is 17.0. The predicted octanol–water partition coefficient (Wildman–Crippen LogP) is 2.57. The van der Waals surface area contributed by atoms with Crippen LogP contribution < -0.4 is 5.32 Å². The molecule has 1 aliphatic carbocycles. The Hall–Kier alpha value is -1.93. The summed E-state index contributed by atoms with van der Waals surface area (Å²) in [5.41, 5.74) is 0.0945. The number of rotatable bonds is 7. The molecule has 0 saturated heterocycles. The number of carbonyl (C=O) groups is 2. The summed E-state index contributed by atoms with van der Waals surface area (Å²) in [5.74, 6) is -0.653. The number of nitrogens with zero attached hydrogens (tertiary/aromatic N) is 1. The van der Waals surface area contributed by atoms with Crippen LogP contribution in [0, 0.1) is 5.92 Å². The molecule has 8 heteroatoms. The van der Waals surface area contributed by atoms with E-state index in [2.05, 4.69) is 12.2 Å². The van der Waals surface area contributed by atoms with Gasteiger partial charge in [0, 0.05) is 19.1 Å². The first kappa shape index (κ1) is 22.4. The van der Waals surface area contributed by atoms with Gasteiger partial charge in [-0.2, -0.15) is 4.31 Å². The Morgan fingerprint density at radius 1 is 1.25 bits per heavy atom. The predicted molar refractivity (Wildman–Crippen MR) is 106 cm³/mol. The lowest BCUT2D eigenvalue weighted by molar-refractivity contribution is -0.125. The van der Waals surface area contributed by atoms with E-state index in [9.17, 15) is 18.0 Å². The van der Waals surface area contributed by atoms with E-state index in [4.69, 9.17) is 4.74 Å². The van der Waals surface area contributed by atoms with Crippen molar-refractivity contribution in [3.63, 3.8) is 0 Å². The molecule has 1 amide bonds. The molecule has 1 fully saturated rings. The van der Waals surface area contributed by atoms with Crippen molar-refractivity contribution in [3.8, 4) is 0 Å². The second kappa shape index (κ2) is 9.52. The van der Waals surface area contributed by atoms with Crippen molar-refractivity contribution < 1.29 is 22.7 Å². The number of nitrogens with one attached hydrogen (secondary N) is 1. The van der Waals surface area contributed by atoms with Crippen molar-refractivity contribution >= 4 is 21.9 Å². The Bertz CT molecular complexity index is 807. The first-order valence-electron chi connectivity index (χ1n) is 9.67. The van der Waals surface area contributed by atoms with Crippen LogP contribution in [0.25, 0.3) is 0 Å². The standard InChI is InChI=1S/C20H30N2O5S/c1-14(2)22(4)28(25,26)17-10-7-9-16(12-17)20(24)27-13-19(23)21-18-11-6-5-8-15(18)3/h7,9-10,12,14-15,18H,5-6,8,11,13H2,1-4H3,(H,21,23)/t15-,18+/m0/s1. The minimum Gasteiger partial charge on any atom is -0.452 e. The molecule has 0 bridgehead atoms. The van der Waals surface area contributed by atoms with Crippen molar-refractivity contribution in [1.29, 1.82) is 0 Å². The Balaban J connectivity index is 1.98. The van der Waals surface area contributed by atoms with E-state index in [1.54, 1.807) is 13.8 Å². The topological polar surface area (TPSA) is 92.8 Å². The number of hydrogen-bond acceptors (Lipinski definition) is 5. The smallest absolute Gasteiger partial charge is 0.338 e. The number of sulfonamides is 1. The van der Waals surface area contributed by atoms with Crippen LogP contribution in [-0.4, -0.2) is 50.3 Å². The minimum atomic E-state index is -3.70. The summed E-state index contributed by atoms with van der Waals surface area (Å²) in [6.07, 6.45) is 4.27. The molecule has 1 saturated carbocycles. The van der Waals surface area contributed by atoms with Crippen LogP contribution in [0.3, 0.4) is 0 Å². The fourth-order valence-corrected chi connectivity index (χ4v) is 4.63. The molecule has 1 N–H and O–H groups in total. The van der Waals surface area contributed by atoms with Gasteiger partial charge in [0.05, 0.1) is 10.5 Å². The third-order valence-corrected chi connectivity index (χ3v) is 7.30. The quantitative estimate of drug-likeness (QED) is 0.698. The van der Waals surface area contributed by atoms with Crippen LogP contribution in [0.4, 0.5) is 0 Å². The maximum Gasteiger partial charge on any atom is 0.338 e. The average Bonchev–Trinajstić information content (AvgIpc) is 2.67. The van der Waals surface area contributed by atoms with Crippen LogP contribution >= 0.6 is 0 Å². The van der Waals surface area contributed by atoms with E-state index in [1.807, 2.05) is 0 Å². The molecule has 2 atom stereocenters. The molecule has 0 unspecified atom stereocenters. The van der Waals surface area contributed by atoms with Crippen molar-refractivity contribution in [2.75, 3.05) is 13.7 Å². The third-order valence-electron chi connectivity index (χ3n) is 5.27. The number of esters is 1. The van der Waals surface area contributed by atoms with E-state index in [0.29, 0.717) is 5.92 Å². The van der Waals surface area contributed by atoms with Gasteiger partial charge >= 0.3 is 5.97 Å². The van der Waals surface area contributed by atoms with Gasteiger partial charge in [-0.05, 0) is 50.8 Å². The summed E-state index contributed by atoms with van der Waals surface area (Å²) < 4.78 is 31.5. The first-order valence-corrected chi connectivity index (χ1v) is 11.1. The van der Waals surface area contributed by atoms with Crippen molar-refractivity contribution in [3.05, 3.63) is 29.8 Å². The van der Waals surface area contributed by atoms with E-state index < -0.39 is 16.0 Å². The fourth-order valence-electron chi connectivity index (χ4n) is 3.22. The summed E-state index contributed by atoms with van der Waals surface area (Å²) in [6.45, 7) is 5.25. The molecule has 1 aromatic rings. The minimum absolute atomic E-state index is 0.0126. The zero-order chi connectivity index (χ0) is 20.9. The molecular formula is C20H30N2O5S. The van der Waals surface area contributed by atoms with Gasteiger partial charge in [0.2, 0.25) is 10.0 Å². The van der Waals surface area contributed by atoms with Gasteiger partial charge in [-0.15, -0.1) is 0 Å². The van der Waals surface area contributed by atoms with Crippen LogP contribution in [0.5, 0.6) is 0 Å². The average molecular weight is 411 g/mol. The number of hydrogen-bond donors (Lipinski definition) is 1. The van der Waals surface area contributed by atoms with E-state index in [1.165, 1.54) is 42.0 Å². The molecule has 7 nitrogen and oxygen atoms in total. The molecule has 1 aliphatic rings. The molecule has 0 radical (unpaired) electrons. The largest absolute Gasteiger partial charge is 0.452 e. The highest BCUT2D eigenvalue weighted by molar-refractivity contribution is 7.89. The van der Waals surface area contributed by atoms with Crippen LogP contribution in [0.2, 0.25) is 0 Å². The van der Waals surface area contributed by atoms with E-state index in [0.717, 1.165) is 19.3 Å². The van der Waals surface area contributed by atoms with Gasteiger partial charge < -0.3 is 10.1 Å². The molecule has 0 aromatic heterocycles. The summed E-state index contributed by atoms with van der Waals surface area (Å²) >= 11 is 0. The lowest BCUT2D eigenvalue weighted by atomic mass is 9.86. The summed E-state index contributed by atoms with van der Waals surface area (Å²) in [6, 6.07) is 5.56. The molecule has 2 rings (SSSR count). The second-order valence-corrected chi connectivity index (χ2v) is 9.65. The molecule has 1 aromatic carbocycles. The van der Waals surface area contributed by atoms with Crippen LogP contribution in [0.15, 0.2) is 29.2 Å². The lowest BCUT2D eigenvalue weighted by Crippen LogP contribution is -2.42. The van der Waals surface area contributed by atoms with Gasteiger partial charge in [0.25, 0.3) is 5.91 Å². The van der Waals surface area contributed by atoms with Crippen molar-refractivity contribution in [2.45, 2.75) is 63.4 Å².